The molecule has 0 N–H and O–H groups in total. The Bertz CT molecular complexity index is 773. The van der Waals surface area contributed by atoms with Crippen LogP contribution in [-0.2, 0) is 18.3 Å². The number of nitrogens with zero attached hydrogens (tertiary/aromatic N) is 5. The Morgan fingerprint density at radius 2 is 2.00 bits per heavy atom. The van der Waals surface area contributed by atoms with Crippen molar-refractivity contribution in [2.45, 2.75) is 59.4 Å². The normalized spacial score (nSPS) is 18.0. The first-order chi connectivity index (χ1) is 11.9. The molecule has 0 radical (unpaired) electrons. The quantitative estimate of drug-likeness (QED) is 0.857. The molecule has 1 amide bonds. The maximum Gasteiger partial charge on any atom is 0.222 e. The first kappa shape index (κ1) is 17.7. The van der Waals surface area contributed by atoms with E-state index in [0.29, 0.717) is 12.5 Å². The summed E-state index contributed by atoms with van der Waals surface area (Å²) in [5.41, 5.74) is 5.63. The van der Waals surface area contributed by atoms with Crippen molar-refractivity contribution in [1.29, 1.82) is 0 Å². The van der Waals surface area contributed by atoms with E-state index < -0.39 is 0 Å². The van der Waals surface area contributed by atoms with Crippen molar-refractivity contribution in [2.24, 2.45) is 7.05 Å². The average molecular weight is 343 g/mol. The molecule has 0 aromatic carbocycles. The van der Waals surface area contributed by atoms with Gasteiger partial charge in [-0.1, -0.05) is 0 Å². The summed E-state index contributed by atoms with van der Waals surface area (Å²) in [4.78, 5) is 14.8. The van der Waals surface area contributed by atoms with E-state index in [4.69, 9.17) is 0 Å². The number of carbonyl (C=O) groups excluding carboxylic acids is 1. The van der Waals surface area contributed by atoms with E-state index in [1.807, 2.05) is 30.5 Å². The Morgan fingerprint density at radius 1 is 1.24 bits per heavy atom. The summed E-state index contributed by atoms with van der Waals surface area (Å²) in [7, 11) is 1.96. The van der Waals surface area contributed by atoms with E-state index in [1.165, 1.54) is 11.3 Å². The lowest BCUT2D eigenvalue weighted by Crippen LogP contribution is -2.41. The van der Waals surface area contributed by atoms with Crippen LogP contribution >= 0.6 is 0 Å². The number of aromatic nitrogens is 4. The van der Waals surface area contributed by atoms with E-state index in [-0.39, 0.29) is 5.91 Å². The zero-order valence-electron chi connectivity index (χ0n) is 16.0. The number of hydrogen-bond donors (Lipinski definition) is 0. The highest BCUT2D eigenvalue weighted by Crippen LogP contribution is 2.24. The number of hydrogen-bond acceptors (Lipinski definition) is 3. The van der Waals surface area contributed by atoms with Gasteiger partial charge in [0.2, 0.25) is 5.91 Å². The molecule has 0 unspecified atom stereocenters. The maximum absolute atomic E-state index is 12.7. The van der Waals surface area contributed by atoms with Gasteiger partial charge in [-0.2, -0.15) is 10.2 Å². The van der Waals surface area contributed by atoms with E-state index in [0.717, 1.165) is 49.4 Å². The van der Waals surface area contributed by atoms with Gasteiger partial charge >= 0.3 is 0 Å². The molecule has 2 aromatic heterocycles. The van der Waals surface area contributed by atoms with Crippen molar-refractivity contribution in [3.8, 4) is 0 Å². The number of aryl methyl sites for hydroxylation is 4. The standard InChI is InChI=1S/C19H29N5O/c1-13-11-14(2)24(20-13)17-7-6-10-23(12-17)19(25)9-8-18-15(3)21-22(5)16(18)4/h11,17H,6-10,12H2,1-5H3/t17-/m1/s1. The Hall–Kier alpha value is -2.11. The third kappa shape index (κ3) is 3.62. The Balaban J connectivity index is 1.63. The molecule has 25 heavy (non-hydrogen) atoms. The molecular weight excluding hydrogens is 314 g/mol. The van der Waals surface area contributed by atoms with Crippen molar-refractivity contribution in [3.05, 3.63) is 34.4 Å². The van der Waals surface area contributed by atoms with Crippen molar-refractivity contribution in [1.82, 2.24) is 24.5 Å². The molecule has 3 rings (SSSR count). The minimum absolute atomic E-state index is 0.244. The van der Waals surface area contributed by atoms with Gasteiger partial charge in [0.15, 0.2) is 0 Å². The molecule has 0 saturated carbocycles. The van der Waals surface area contributed by atoms with Gasteiger partial charge in [-0.05, 0) is 58.6 Å². The number of likely N-dealkylation sites (tertiary alicyclic amines) is 1. The fourth-order valence-electron chi connectivity index (χ4n) is 3.97. The molecule has 1 saturated heterocycles. The molecule has 0 bridgehead atoms. The fraction of sp³-hybridized carbons (Fsp3) is 0.632. The molecule has 1 atom stereocenters. The monoisotopic (exact) mass is 343 g/mol. The van der Waals surface area contributed by atoms with Gasteiger partial charge in [-0.25, -0.2) is 0 Å². The third-order valence-electron chi connectivity index (χ3n) is 5.39. The summed E-state index contributed by atoms with van der Waals surface area (Å²) in [5.74, 6) is 0.244. The zero-order chi connectivity index (χ0) is 18.1. The molecular formula is C19H29N5O. The van der Waals surface area contributed by atoms with Gasteiger partial charge < -0.3 is 4.90 Å². The molecule has 3 heterocycles. The summed E-state index contributed by atoms with van der Waals surface area (Å²) in [6.45, 7) is 9.83. The smallest absolute Gasteiger partial charge is 0.222 e. The Morgan fingerprint density at radius 3 is 2.60 bits per heavy atom. The van der Waals surface area contributed by atoms with Crippen LogP contribution in [0.1, 0.15) is 53.6 Å². The predicted molar refractivity (Wildman–Crippen MR) is 97.6 cm³/mol. The first-order valence-electron chi connectivity index (χ1n) is 9.16. The highest BCUT2D eigenvalue weighted by molar-refractivity contribution is 5.76. The van der Waals surface area contributed by atoms with Crippen LogP contribution in [0.25, 0.3) is 0 Å². The summed E-state index contributed by atoms with van der Waals surface area (Å²) in [6.07, 6.45) is 3.45. The first-order valence-corrected chi connectivity index (χ1v) is 9.16. The number of rotatable bonds is 4. The van der Waals surface area contributed by atoms with Crippen LogP contribution in [0.3, 0.4) is 0 Å². The Labute approximate surface area is 149 Å². The molecule has 2 aromatic rings. The lowest BCUT2D eigenvalue weighted by Gasteiger charge is -2.33. The van der Waals surface area contributed by atoms with Crippen LogP contribution in [0, 0.1) is 27.7 Å². The molecule has 6 heteroatoms. The summed E-state index contributed by atoms with van der Waals surface area (Å²) >= 11 is 0. The second-order valence-electron chi connectivity index (χ2n) is 7.28. The third-order valence-corrected chi connectivity index (χ3v) is 5.39. The van der Waals surface area contributed by atoms with Gasteiger partial charge in [-0.3, -0.25) is 14.2 Å². The van der Waals surface area contributed by atoms with Crippen LogP contribution in [0.2, 0.25) is 0 Å². The van der Waals surface area contributed by atoms with Crippen LogP contribution in [0.5, 0.6) is 0 Å². The Kier molecular flexibility index (Phi) is 4.97. The second kappa shape index (κ2) is 7.02. The molecule has 0 aliphatic carbocycles. The highest BCUT2D eigenvalue weighted by Gasteiger charge is 2.26. The molecule has 6 nitrogen and oxygen atoms in total. The maximum atomic E-state index is 12.7. The summed E-state index contributed by atoms with van der Waals surface area (Å²) < 4.78 is 4.00. The summed E-state index contributed by atoms with van der Waals surface area (Å²) in [5, 5.41) is 9.06. The van der Waals surface area contributed by atoms with E-state index in [1.54, 1.807) is 0 Å². The van der Waals surface area contributed by atoms with Gasteiger partial charge in [-0.15, -0.1) is 0 Å². The topological polar surface area (TPSA) is 56.0 Å². The van der Waals surface area contributed by atoms with Crippen LogP contribution < -0.4 is 0 Å². The second-order valence-corrected chi connectivity index (χ2v) is 7.28. The largest absolute Gasteiger partial charge is 0.341 e. The fourth-order valence-corrected chi connectivity index (χ4v) is 3.97. The molecule has 1 aliphatic rings. The van der Waals surface area contributed by atoms with Crippen molar-refractivity contribution >= 4 is 5.91 Å². The van der Waals surface area contributed by atoms with Gasteiger partial charge in [0, 0.05) is 37.9 Å². The summed E-state index contributed by atoms with van der Waals surface area (Å²) in [6, 6.07) is 2.41. The molecule has 136 valence electrons. The van der Waals surface area contributed by atoms with E-state index in [2.05, 4.69) is 34.8 Å². The number of piperidine rings is 1. The lowest BCUT2D eigenvalue weighted by molar-refractivity contribution is -0.132. The van der Waals surface area contributed by atoms with Gasteiger partial charge in [0.25, 0.3) is 0 Å². The zero-order valence-corrected chi connectivity index (χ0v) is 16.0. The predicted octanol–water partition coefficient (Wildman–Crippen LogP) is 2.65. The van der Waals surface area contributed by atoms with Gasteiger partial charge in [0.05, 0.1) is 17.4 Å². The van der Waals surface area contributed by atoms with E-state index in [9.17, 15) is 4.79 Å². The lowest BCUT2D eigenvalue weighted by atomic mass is 10.0. The van der Waals surface area contributed by atoms with Crippen LogP contribution in [0.4, 0.5) is 0 Å². The molecule has 0 spiro atoms. The SMILES string of the molecule is Cc1cc(C)n([C@@H]2CCCN(C(=O)CCc3c(C)nn(C)c3C)C2)n1. The average Bonchev–Trinajstić information content (AvgIpc) is 3.04. The van der Waals surface area contributed by atoms with Crippen molar-refractivity contribution < 1.29 is 4.79 Å². The van der Waals surface area contributed by atoms with Crippen LogP contribution in [-0.4, -0.2) is 43.5 Å². The van der Waals surface area contributed by atoms with Gasteiger partial charge in [0.1, 0.15) is 0 Å². The molecule has 1 fully saturated rings. The van der Waals surface area contributed by atoms with E-state index >= 15 is 0 Å². The van der Waals surface area contributed by atoms with Crippen LogP contribution in [0.15, 0.2) is 6.07 Å². The molecule has 1 aliphatic heterocycles. The minimum Gasteiger partial charge on any atom is -0.341 e. The van der Waals surface area contributed by atoms with Crippen molar-refractivity contribution in [2.75, 3.05) is 13.1 Å². The number of amides is 1. The minimum atomic E-state index is 0.244. The highest BCUT2D eigenvalue weighted by atomic mass is 16.2. The number of carbonyl (C=O) groups is 1. The van der Waals surface area contributed by atoms with Crippen molar-refractivity contribution in [3.63, 3.8) is 0 Å².